The zero-order chi connectivity index (χ0) is 20.9. The molecule has 2 aromatic heterocycles. The Labute approximate surface area is 177 Å². The van der Waals surface area contributed by atoms with E-state index in [1.165, 1.54) is 11.9 Å². The van der Waals surface area contributed by atoms with E-state index in [-0.39, 0.29) is 5.91 Å². The van der Waals surface area contributed by atoms with Gasteiger partial charge in [0.2, 0.25) is 5.91 Å². The van der Waals surface area contributed by atoms with Gasteiger partial charge < -0.3 is 4.90 Å². The molecular weight excluding hydrogens is 376 g/mol. The smallest absolute Gasteiger partial charge is 0.252 e. The number of amides is 1. The van der Waals surface area contributed by atoms with Gasteiger partial charge in [0, 0.05) is 50.5 Å². The quantitative estimate of drug-likeness (QED) is 0.632. The second-order valence-electron chi connectivity index (χ2n) is 7.73. The van der Waals surface area contributed by atoms with Crippen LogP contribution in [0, 0.1) is 13.8 Å². The predicted octanol–water partition coefficient (Wildman–Crippen LogP) is 2.53. The molecular formula is C23H28N6O. The van der Waals surface area contributed by atoms with Crippen molar-refractivity contribution in [3.8, 4) is 0 Å². The van der Waals surface area contributed by atoms with Crippen LogP contribution in [0.1, 0.15) is 28.9 Å². The minimum atomic E-state index is 0.215. The first-order valence-electron chi connectivity index (χ1n) is 10.5. The number of carbonyl (C=O) groups is 1. The highest BCUT2D eigenvalue weighted by Gasteiger charge is 2.21. The summed E-state index contributed by atoms with van der Waals surface area (Å²) in [6, 6.07) is 10.3. The fourth-order valence-electron chi connectivity index (χ4n) is 3.99. The first kappa shape index (κ1) is 20.2. The Morgan fingerprint density at radius 1 is 1.10 bits per heavy atom. The van der Waals surface area contributed by atoms with Gasteiger partial charge in [-0.25, -0.2) is 9.50 Å². The molecule has 0 bridgehead atoms. The molecule has 0 radical (unpaired) electrons. The Balaban J connectivity index is 1.26. The van der Waals surface area contributed by atoms with Crippen LogP contribution in [-0.4, -0.2) is 68.0 Å². The molecule has 30 heavy (non-hydrogen) atoms. The molecule has 0 unspecified atom stereocenters. The van der Waals surface area contributed by atoms with Gasteiger partial charge in [-0.1, -0.05) is 42.5 Å². The van der Waals surface area contributed by atoms with Gasteiger partial charge in [-0.05, 0) is 31.4 Å². The lowest BCUT2D eigenvalue weighted by molar-refractivity contribution is -0.132. The maximum Gasteiger partial charge on any atom is 0.252 e. The van der Waals surface area contributed by atoms with Gasteiger partial charge >= 0.3 is 0 Å². The van der Waals surface area contributed by atoms with Gasteiger partial charge in [0.25, 0.3) is 5.78 Å². The summed E-state index contributed by atoms with van der Waals surface area (Å²) in [5, 5.41) is 4.23. The topological polar surface area (TPSA) is 66.6 Å². The van der Waals surface area contributed by atoms with E-state index in [1.54, 1.807) is 4.52 Å². The fraction of sp³-hybridized carbons (Fsp3) is 0.391. The van der Waals surface area contributed by atoms with E-state index < -0.39 is 0 Å². The van der Waals surface area contributed by atoms with Crippen molar-refractivity contribution in [2.24, 2.45) is 0 Å². The molecule has 0 saturated carbocycles. The molecule has 1 fully saturated rings. The molecule has 156 valence electrons. The van der Waals surface area contributed by atoms with Crippen LogP contribution in [0.25, 0.3) is 11.9 Å². The van der Waals surface area contributed by atoms with Gasteiger partial charge in [-0.2, -0.15) is 10.1 Å². The number of fused-ring (bicyclic) bond motifs is 1. The molecule has 4 rings (SSSR count). The minimum absolute atomic E-state index is 0.215. The molecule has 1 amide bonds. The van der Waals surface area contributed by atoms with Crippen molar-refractivity contribution in [1.29, 1.82) is 0 Å². The molecule has 3 heterocycles. The normalized spacial score (nSPS) is 15.3. The van der Waals surface area contributed by atoms with Crippen molar-refractivity contribution in [3.63, 3.8) is 0 Å². The lowest BCUT2D eigenvalue weighted by Gasteiger charge is -2.34. The largest absolute Gasteiger partial charge is 0.340 e. The van der Waals surface area contributed by atoms with Crippen LogP contribution in [0.15, 0.2) is 42.7 Å². The number of benzene rings is 1. The Kier molecular flexibility index (Phi) is 6.18. The van der Waals surface area contributed by atoms with E-state index in [2.05, 4.69) is 44.3 Å². The highest BCUT2D eigenvalue weighted by Crippen LogP contribution is 2.16. The number of piperazine rings is 1. The van der Waals surface area contributed by atoms with Crippen molar-refractivity contribution in [3.05, 3.63) is 65.2 Å². The molecule has 7 nitrogen and oxygen atoms in total. The third-order valence-electron chi connectivity index (χ3n) is 5.78. The van der Waals surface area contributed by atoms with Crippen LogP contribution < -0.4 is 0 Å². The second-order valence-corrected chi connectivity index (χ2v) is 7.73. The lowest BCUT2D eigenvalue weighted by Crippen LogP contribution is -2.48. The van der Waals surface area contributed by atoms with E-state index in [0.29, 0.717) is 18.6 Å². The SMILES string of the molecule is Cc1nc2ncnn2c(C)c1CCC(=O)N1CCN(C/C=C/c2ccccc2)CC1. The van der Waals surface area contributed by atoms with E-state index in [4.69, 9.17) is 0 Å². The number of aromatic nitrogens is 4. The predicted molar refractivity (Wildman–Crippen MR) is 117 cm³/mol. The number of carbonyl (C=O) groups excluding carboxylic acids is 1. The molecule has 1 aromatic carbocycles. The number of hydrogen-bond acceptors (Lipinski definition) is 5. The molecule has 7 heteroatoms. The first-order chi connectivity index (χ1) is 14.6. The summed E-state index contributed by atoms with van der Waals surface area (Å²) >= 11 is 0. The molecule has 0 atom stereocenters. The van der Waals surface area contributed by atoms with Crippen LogP contribution in [0.5, 0.6) is 0 Å². The average molecular weight is 405 g/mol. The van der Waals surface area contributed by atoms with Crippen LogP contribution in [0.3, 0.4) is 0 Å². The Morgan fingerprint density at radius 3 is 2.63 bits per heavy atom. The van der Waals surface area contributed by atoms with Crippen LogP contribution in [0.4, 0.5) is 0 Å². The Morgan fingerprint density at radius 2 is 1.87 bits per heavy atom. The lowest BCUT2D eigenvalue weighted by atomic mass is 10.1. The highest BCUT2D eigenvalue weighted by atomic mass is 16.2. The first-order valence-corrected chi connectivity index (χ1v) is 10.5. The molecule has 0 N–H and O–H groups in total. The summed E-state index contributed by atoms with van der Waals surface area (Å²) in [5.74, 6) is 0.824. The van der Waals surface area contributed by atoms with E-state index in [0.717, 1.165) is 49.7 Å². The van der Waals surface area contributed by atoms with Crippen LogP contribution in [0.2, 0.25) is 0 Å². The molecule has 0 spiro atoms. The summed E-state index contributed by atoms with van der Waals surface area (Å²) in [5.41, 5.74) is 4.25. The van der Waals surface area contributed by atoms with Crippen molar-refractivity contribution >= 4 is 17.8 Å². The van der Waals surface area contributed by atoms with E-state index in [9.17, 15) is 4.79 Å². The van der Waals surface area contributed by atoms with Crippen molar-refractivity contribution < 1.29 is 4.79 Å². The number of aryl methyl sites for hydroxylation is 2. The van der Waals surface area contributed by atoms with Crippen LogP contribution >= 0.6 is 0 Å². The van der Waals surface area contributed by atoms with Gasteiger partial charge in [-0.15, -0.1) is 0 Å². The number of rotatable bonds is 6. The molecule has 1 aliphatic heterocycles. The van der Waals surface area contributed by atoms with E-state index in [1.807, 2.05) is 36.9 Å². The maximum absolute atomic E-state index is 12.8. The summed E-state index contributed by atoms with van der Waals surface area (Å²) in [4.78, 5) is 25.8. The minimum Gasteiger partial charge on any atom is -0.340 e. The Bertz CT molecular complexity index is 1030. The highest BCUT2D eigenvalue weighted by molar-refractivity contribution is 5.76. The fourth-order valence-corrected chi connectivity index (χ4v) is 3.99. The zero-order valence-electron chi connectivity index (χ0n) is 17.7. The molecule has 1 aliphatic rings. The molecule has 3 aromatic rings. The number of nitrogens with zero attached hydrogens (tertiary/aromatic N) is 6. The van der Waals surface area contributed by atoms with Crippen molar-refractivity contribution in [2.75, 3.05) is 32.7 Å². The Hall–Kier alpha value is -3.06. The van der Waals surface area contributed by atoms with Gasteiger partial charge in [0.05, 0.1) is 0 Å². The van der Waals surface area contributed by atoms with Crippen molar-refractivity contribution in [1.82, 2.24) is 29.4 Å². The summed E-state index contributed by atoms with van der Waals surface area (Å²) in [6.07, 6.45) is 7.04. The third kappa shape index (κ3) is 4.57. The summed E-state index contributed by atoms with van der Waals surface area (Å²) in [7, 11) is 0. The summed E-state index contributed by atoms with van der Waals surface area (Å²) in [6.45, 7) is 8.30. The summed E-state index contributed by atoms with van der Waals surface area (Å²) < 4.78 is 1.74. The third-order valence-corrected chi connectivity index (χ3v) is 5.78. The van der Waals surface area contributed by atoms with Gasteiger partial charge in [0.1, 0.15) is 6.33 Å². The maximum atomic E-state index is 12.8. The van der Waals surface area contributed by atoms with E-state index >= 15 is 0 Å². The van der Waals surface area contributed by atoms with Gasteiger partial charge in [0.15, 0.2) is 0 Å². The standard InChI is InChI=1S/C23H28N6O/c1-18-21(19(2)29-23(26-18)24-17-25-29)10-11-22(30)28-15-13-27(14-16-28)12-6-9-20-7-4-3-5-8-20/h3-9,17H,10-16H2,1-2H3/b9-6+. The van der Waals surface area contributed by atoms with Gasteiger partial charge in [-0.3, -0.25) is 9.69 Å². The number of hydrogen-bond donors (Lipinski definition) is 0. The monoisotopic (exact) mass is 404 g/mol. The molecule has 1 saturated heterocycles. The molecule has 0 aliphatic carbocycles. The van der Waals surface area contributed by atoms with Crippen molar-refractivity contribution in [2.45, 2.75) is 26.7 Å². The zero-order valence-corrected chi connectivity index (χ0v) is 17.7. The van der Waals surface area contributed by atoms with Crippen LogP contribution in [-0.2, 0) is 11.2 Å². The second kappa shape index (κ2) is 9.17. The average Bonchev–Trinajstić information content (AvgIpc) is 3.23.